The van der Waals surface area contributed by atoms with Crippen molar-refractivity contribution in [2.75, 3.05) is 32.2 Å². The Hall–Kier alpha value is -1.73. The summed E-state index contributed by atoms with van der Waals surface area (Å²) in [6, 6.07) is 3.22. The summed E-state index contributed by atoms with van der Waals surface area (Å²) in [4.78, 5) is 14.0. The number of hydrogen-bond donors (Lipinski definition) is 2. The lowest BCUT2D eigenvalue weighted by Crippen LogP contribution is -2.37. The second kappa shape index (κ2) is 7.65. The molecule has 3 N–H and O–H groups in total. The van der Waals surface area contributed by atoms with Crippen molar-refractivity contribution in [3.63, 3.8) is 0 Å². The topological polar surface area (TPSA) is 93.4 Å². The van der Waals surface area contributed by atoms with Crippen molar-refractivity contribution in [2.24, 2.45) is 11.8 Å². The lowest BCUT2D eigenvalue weighted by atomic mass is 10.2. The van der Waals surface area contributed by atoms with E-state index in [1.54, 1.807) is 24.1 Å². The molecule has 1 heterocycles. The molecule has 1 rings (SSSR count). The molecule has 0 aliphatic carbocycles. The van der Waals surface area contributed by atoms with Gasteiger partial charge in [-0.1, -0.05) is 13.8 Å². The zero-order valence-electron chi connectivity index (χ0n) is 11.6. The molecular weight excluding hydrogens is 246 g/mol. The van der Waals surface area contributed by atoms with Crippen LogP contribution in [0.3, 0.4) is 0 Å². The van der Waals surface area contributed by atoms with E-state index in [1.165, 1.54) is 0 Å². The van der Waals surface area contributed by atoms with Crippen molar-refractivity contribution < 1.29 is 9.53 Å². The number of rotatable bonds is 7. The molecule has 0 saturated heterocycles. The summed E-state index contributed by atoms with van der Waals surface area (Å²) in [5.74, 6) is 5.85. The van der Waals surface area contributed by atoms with Gasteiger partial charge in [-0.25, -0.2) is 5.84 Å². The second-order valence-corrected chi connectivity index (χ2v) is 4.59. The minimum absolute atomic E-state index is 0.151. The highest BCUT2D eigenvalue weighted by molar-refractivity contribution is 5.92. The minimum Gasteiger partial charge on any atom is -0.383 e. The normalized spacial score (nSPS) is 10.6. The number of carbonyl (C=O) groups excluding carboxylic acids is 1. The predicted octanol–water partition coefficient (Wildman–Crippen LogP) is 0.507. The summed E-state index contributed by atoms with van der Waals surface area (Å²) < 4.78 is 5.02. The number of hydrogen-bond acceptors (Lipinski definition) is 6. The molecule has 1 aromatic rings. The summed E-state index contributed by atoms with van der Waals surface area (Å²) in [5, 5.41) is 7.66. The van der Waals surface area contributed by atoms with E-state index in [2.05, 4.69) is 29.5 Å². The maximum Gasteiger partial charge on any atom is 0.274 e. The van der Waals surface area contributed by atoms with Gasteiger partial charge in [-0.3, -0.25) is 4.79 Å². The minimum atomic E-state index is -0.151. The molecule has 0 bridgehead atoms. The van der Waals surface area contributed by atoms with Gasteiger partial charge in [-0.15, -0.1) is 10.2 Å². The van der Waals surface area contributed by atoms with E-state index in [0.717, 1.165) is 0 Å². The number of nitrogens with two attached hydrogens (primary N) is 1. The number of carbonyl (C=O) groups is 1. The van der Waals surface area contributed by atoms with Gasteiger partial charge in [-0.05, 0) is 18.1 Å². The van der Waals surface area contributed by atoms with Crippen molar-refractivity contribution >= 4 is 11.7 Å². The van der Waals surface area contributed by atoms with Crippen LogP contribution >= 0.6 is 0 Å². The van der Waals surface area contributed by atoms with Gasteiger partial charge in [0, 0.05) is 20.2 Å². The van der Waals surface area contributed by atoms with E-state index in [-0.39, 0.29) is 5.91 Å². The molecule has 19 heavy (non-hydrogen) atoms. The van der Waals surface area contributed by atoms with Crippen LogP contribution in [0.2, 0.25) is 0 Å². The average Bonchev–Trinajstić information content (AvgIpc) is 2.42. The number of anilines is 1. The van der Waals surface area contributed by atoms with Gasteiger partial charge < -0.3 is 15.1 Å². The zero-order chi connectivity index (χ0) is 14.3. The molecule has 0 aromatic carbocycles. The molecule has 0 spiro atoms. The average molecular weight is 267 g/mol. The number of nitrogen functional groups attached to an aromatic ring is 1. The van der Waals surface area contributed by atoms with E-state index < -0.39 is 0 Å². The standard InChI is InChI=1S/C12H21N5O2/c1-9(2)8-17(6-7-19-3)12(18)10-4-5-11(14-13)16-15-10/h4-5,9H,6-8,13H2,1-3H3,(H,14,16). The van der Waals surface area contributed by atoms with Crippen molar-refractivity contribution in [2.45, 2.75) is 13.8 Å². The van der Waals surface area contributed by atoms with Crippen LogP contribution in [-0.4, -0.2) is 47.8 Å². The van der Waals surface area contributed by atoms with E-state index >= 15 is 0 Å². The summed E-state index contributed by atoms with van der Waals surface area (Å²) in [5.41, 5.74) is 2.67. The number of aromatic nitrogens is 2. The Morgan fingerprint density at radius 3 is 2.68 bits per heavy atom. The Kier molecular flexibility index (Phi) is 6.17. The quantitative estimate of drug-likeness (QED) is 0.552. The van der Waals surface area contributed by atoms with Crippen LogP contribution < -0.4 is 11.3 Å². The van der Waals surface area contributed by atoms with Gasteiger partial charge >= 0.3 is 0 Å². The summed E-state index contributed by atoms with van der Waals surface area (Å²) in [7, 11) is 1.61. The molecular formula is C12H21N5O2. The molecule has 1 aromatic heterocycles. The monoisotopic (exact) mass is 267 g/mol. The van der Waals surface area contributed by atoms with Crippen LogP contribution in [0, 0.1) is 5.92 Å². The summed E-state index contributed by atoms with van der Waals surface area (Å²) in [6.45, 7) is 5.79. The molecule has 0 aliphatic rings. The highest BCUT2D eigenvalue weighted by Gasteiger charge is 2.18. The third-order valence-corrected chi connectivity index (χ3v) is 2.47. The second-order valence-electron chi connectivity index (χ2n) is 4.59. The fraction of sp³-hybridized carbons (Fsp3) is 0.583. The highest BCUT2D eigenvalue weighted by atomic mass is 16.5. The molecule has 0 atom stereocenters. The number of ether oxygens (including phenoxy) is 1. The van der Waals surface area contributed by atoms with Crippen LogP contribution in [0.15, 0.2) is 12.1 Å². The summed E-state index contributed by atoms with van der Waals surface area (Å²) >= 11 is 0. The van der Waals surface area contributed by atoms with Crippen molar-refractivity contribution in [1.82, 2.24) is 15.1 Å². The van der Waals surface area contributed by atoms with Crippen molar-refractivity contribution in [3.05, 3.63) is 17.8 Å². The predicted molar refractivity (Wildman–Crippen MR) is 72.5 cm³/mol. The van der Waals surface area contributed by atoms with Crippen molar-refractivity contribution in [1.29, 1.82) is 0 Å². The fourth-order valence-electron chi connectivity index (χ4n) is 1.60. The SMILES string of the molecule is COCCN(CC(C)C)C(=O)c1ccc(NN)nn1. The van der Waals surface area contributed by atoms with Crippen LogP contribution in [0.25, 0.3) is 0 Å². The molecule has 0 aliphatic heterocycles. The van der Waals surface area contributed by atoms with Crippen LogP contribution in [0.1, 0.15) is 24.3 Å². The number of hydrazine groups is 1. The van der Waals surface area contributed by atoms with Crippen LogP contribution in [-0.2, 0) is 4.74 Å². The molecule has 7 nitrogen and oxygen atoms in total. The van der Waals surface area contributed by atoms with Gasteiger partial charge in [0.25, 0.3) is 5.91 Å². The molecule has 0 fully saturated rings. The van der Waals surface area contributed by atoms with Crippen LogP contribution in [0.4, 0.5) is 5.82 Å². The van der Waals surface area contributed by atoms with Gasteiger partial charge in [0.15, 0.2) is 11.5 Å². The van der Waals surface area contributed by atoms with Crippen molar-refractivity contribution in [3.8, 4) is 0 Å². The number of nitrogens with one attached hydrogen (secondary N) is 1. The first kappa shape index (κ1) is 15.3. The summed E-state index contributed by atoms with van der Waals surface area (Å²) in [6.07, 6.45) is 0. The molecule has 0 unspecified atom stereocenters. The number of nitrogens with zero attached hydrogens (tertiary/aromatic N) is 3. The Bertz CT molecular complexity index is 394. The molecule has 1 amide bonds. The Balaban J connectivity index is 2.78. The zero-order valence-corrected chi connectivity index (χ0v) is 11.6. The first-order valence-electron chi connectivity index (χ1n) is 6.17. The van der Waals surface area contributed by atoms with E-state index in [9.17, 15) is 4.79 Å². The van der Waals surface area contributed by atoms with Gasteiger partial charge in [-0.2, -0.15) is 0 Å². The lowest BCUT2D eigenvalue weighted by molar-refractivity contribution is 0.0665. The third kappa shape index (κ3) is 4.80. The Morgan fingerprint density at radius 2 is 2.21 bits per heavy atom. The lowest BCUT2D eigenvalue weighted by Gasteiger charge is -2.23. The first-order chi connectivity index (χ1) is 9.08. The largest absolute Gasteiger partial charge is 0.383 e. The highest BCUT2D eigenvalue weighted by Crippen LogP contribution is 2.07. The van der Waals surface area contributed by atoms with E-state index in [4.69, 9.17) is 10.6 Å². The Labute approximate surface area is 113 Å². The Morgan fingerprint density at radius 1 is 1.47 bits per heavy atom. The molecule has 7 heteroatoms. The maximum atomic E-state index is 12.3. The van der Waals surface area contributed by atoms with Gasteiger partial charge in [0.2, 0.25) is 0 Å². The third-order valence-electron chi connectivity index (χ3n) is 2.47. The van der Waals surface area contributed by atoms with Crippen LogP contribution in [0.5, 0.6) is 0 Å². The molecule has 0 saturated carbocycles. The van der Waals surface area contributed by atoms with Gasteiger partial charge in [0.05, 0.1) is 6.61 Å². The van der Waals surface area contributed by atoms with E-state index in [0.29, 0.717) is 37.1 Å². The first-order valence-corrected chi connectivity index (χ1v) is 6.17. The fourth-order valence-corrected chi connectivity index (χ4v) is 1.60. The smallest absolute Gasteiger partial charge is 0.274 e. The number of amides is 1. The maximum absolute atomic E-state index is 12.3. The number of methoxy groups -OCH3 is 1. The molecule has 106 valence electrons. The van der Waals surface area contributed by atoms with Gasteiger partial charge in [0.1, 0.15) is 0 Å². The van der Waals surface area contributed by atoms with E-state index in [1.807, 2.05) is 0 Å². The molecule has 0 radical (unpaired) electrons.